The van der Waals surface area contributed by atoms with Crippen molar-refractivity contribution in [2.75, 3.05) is 26.2 Å². The lowest BCUT2D eigenvalue weighted by molar-refractivity contribution is 0.166. The lowest BCUT2D eigenvalue weighted by atomic mass is 10.0. The van der Waals surface area contributed by atoms with Crippen molar-refractivity contribution in [3.63, 3.8) is 0 Å². The number of piperazine rings is 1. The number of nitrogens with one attached hydrogen (secondary N) is 1. The SMILES string of the molecule is CCC(c1ncccc1C)N1CCNCC1. The van der Waals surface area contributed by atoms with E-state index in [1.54, 1.807) is 0 Å². The molecule has 0 amide bonds. The van der Waals surface area contributed by atoms with Crippen LogP contribution >= 0.6 is 0 Å². The molecule has 0 spiro atoms. The Kier molecular flexibility index (Phi) is 3.91. The van der Waals surface area contributed by atoms with Crippen LogP contribution in [-0.4, -0.2) is 36.1 Å². The van der Waals surface area contributed by atoms with Crippen LogP contribution in [0.25, 0.3) is 0 Å². The molecule has 0 radical (unpaired) electrons. The molecule has 1 N–H and O–H groups in total. The zero-order valence-corrected chi connectivity index (χ0v) is 10.2. The lowest BCUT2D eigenvalue weighted by Crippen LogP contribution is -2.45. The number of aromatic nitrogens is 1. The van der Waals surface area contributed by atoms with Crippen LogP contribution in [0.1, 0.15) is 30.6 Å². The van der Waals surface area contributed by atoms with Gasteiger partial charge < -0.3 is 5.32 Å². The molecule has 1 saturated heterocycles. The average Bonchev–Trinajstić information content (AvgIpc) is 2.34. The highest BCUT2D eigenvalue weighted by molar-refractivity contribution is 5.21. The van der Waals surface area contributed by atoms with Gasteiger partial charge in [0.2, 0.25) is 0 Å². The monoisotopic (exact) mass is 219 g/mol. The molecule has 3 nitrogen and oxygen atoms in total. The minimum absolute atomic E-state index is 0.489. The third-order valence-corrected chi connectivity index (χ3v) is 3.34. The molecule has 0 saturated carbocycles. The largest absolute Gasteiger partial charge is 0.314 e. The maximum atomic E-state index is 4.56. The zero-order chi connectivity index (χ0) is 11.4. The third-order valence-electron chi connectivity index (χ3n) is 3.34. The van der Waals surface area contributed by atoms with E-state index in [0.717, 1.165) is 32.6 Å². The van der Waals surface area contributed by atoms with Gasteiger partial charge in [0.05, 0.1) is 11.7 Å². The van der Waals surface area contributed by atoms with Crippen molar-refractivity contribution in [2.24, 2.45) is 0 Å². The van der Waals surface area contributed by atoms with Gasteiger partial charge in [-0.3, -0.25) is 9.88 Å². The maximum Gasteiger partial charge on any atom is 0.0604 e. The number of pyridine rings is 1. The zero-order valence-electron chi connectivity index (χ0n) is 10.2. The Bertz CT molecular complexity index is 332. The van der Waals surface area contributed by atoms with Gasteiger partial charge in [0.25, 0.3) is 0 Å². The smallest absolute Gasteiger partial charge is 0.0604 e. The molecule has 1 unspecified atom stereocenters. The molecule has 3 heteroatoms. The molecule has 88 valence electrons. The average molecular weight is 219 g/mol. The van der Waals surface area contributed by atoms with E-state index in [1.165, 1.54) is 11.3 Å². The first-order chi connectivity index (χ1) is 7.83. The van der Waals surface area contributed by atoms with Crippen LogP contribution in [0.5, 0.6) is 0 Å². The van der Waals surface area contributed by atoms with Crippen molar-refractivity contribution in [2.45, 2.75) is 26.3 Å². The molecule has 2 rings (SSSR count). The first kappa shape index (κ1) is 11.6. The Morgan fingerprint density at radius 2 is 2.19 bits per heavy atom. The van der Waals surface area contributed by atoms with Crippen molar-refractivity contribution in [3.8, 4) is 0 Å². The fourth-order valence-electron chi connectivity index (χ4n) is 2.47. The van der Waals surface area contributed by atoms with E-state index in [1.807, 2.05) is 12.3 Å². The van der Waals surface area contributed by atoms with Crippen LogP contribution in [0.3, 0.4) is 0 Å². The summed E-state index contributed by atoms with van der Waals surface area (Å²) in [5.74, 6) is 0. The highest BCUT2D eigenvalue weighted by Crippen LogP contribution is 2.24. The molecule has 1 atom stereocenters. The van der Waals surface area contributed by atoms with Gasteiger partial charge in [-0.2, -0.15) is 0 Å². The lowest BCUT2D eigenvalue weighted by Gasteiger charge is -2.34. The van der Waals surface area contributed by atoms with Crippen LogP contribution in [0.15, 0.2) is 18.3 Å². The second-order valence-corrected chi connectivity index (χ2v) is 4.42. The van der Waals surface area contributed by atoms with E-state index in [0.29, 0.717) is 6.04 Å². The molecule has 1 fully saturated rings. The standard InChI is InChI=1S/C13H21N3/c1-3-12(16-9-7-14-8-10-16)13-11(2)5-4-6-15-13/h4-6,12,14H,3,7-10H2,1-2H3. The van der Waals surface area contributed by atoms with Gasteiger partial charge in [0.15, 0.2) is 0 Å². The highest BCUT2D eigenvalue weighted by atomic mass is 15.2. The summed E-state index contributed by atoms with van der Waals surface area (Å²) in [6.45, 7) is 8.88. The van der Waals surface area contributed by atoms with Crippen molar-refractivity contribution in [1.29, 1.82) is 0 Å². The molecule has 0 aliphatic carbocycles. The quantitative estimate of drug-likeness (QED) is 0.839. The minimum Gasteiger partial charge on any atom is -0.314 e. The predicted molar refractivity (Wildman–Crippen MR) is 66.4 cm³/mol. The summed E-state index contributed by atoms with van der Waals surface area (Å²) in [5.41, 5.74) is 2.57. The molecule has 16 heavy (non-hydrogen) atoms. The molecule has 0 bridgehead atoms. The van der Waals surface area contributed by atoms with Gasteiger partial charge in [-0.15, -0.1) is 0 Å². The number of rotatable bonds is 3. The van der Waals surface area contributed by atoms with Crippen LogP contribution in [-0.2, 0) is 0 Å². The van der Waals surface area contributed by atoms with Crippen LogP contribution < -0.4 is 5.32 Å². The summed E-state index contributed by atoms with van der Waals surface area (Å²) < 4.78 is 0. The number of nitrogens with zero attached hydrogens (tertiary/aromatic N) is 2. The summed E-state index contributed by atoms with van der Waals surface area (Å²) >= 11 is 0. The molecule has 1 aromatic heterocycles. The Labute approximate surface area is 97.9 Å². The van der Waals surface area contributed by atoms with Gasteiger partial charge >= 0.3 is 0 Å². The van der Waals surface area contributed by atoms with Crippen LogP contribution in [0, 0.1) is 6.92 Å². The summed E-state index contributed by atoms with van der Waals surface area (Å²) in [5, 5.41) is 3.40. The van der Waals surface area contributed by atoms with E-state index < -0.39 is 0 Å². The number of hydrogen-bond acceptors (Lipinski definition) is 3. The van der Waals surface area contributed by atoms with Crippen LogP contribution in [0.4, 0.5) is 0 Å². The van der Waals surface area contributed by atoms with E-state index in [-0.39, 0.29) is 0 Å². The molecular weight excluding hydrogens is 198 g/mol. The van der Waals surface area contributed by atoms with Gasteiger partial charge in [-0.1, -0.05) is 13.0 Å². The van der Waals surface area contributed by atoms with Crippen LogP contribution in [0.2, 0.25) is 0 Å². The summed E-state index contributed by atoms with van der Waals surface area (Å²) in [7, 11) is 0. The van der Waals surface area contributed by atoms with E-state index >= 15 is 0 Å². The normalized spacial score (nSPS) is 19.6. The maximum absolute atomic E-state index is 4.56. The second-order valence-electron chi connectivity index (χ2n) is 4.42. The van der Waals surface area contributed by atoms with Crippen molar-refractivity contribution >= 4 is 0 Å². The predicted octanol–water partition coefficient (Wildman–Crippen LogP) is 1.75. The van der Waals surface area contributed by atoms with E-state index in [4.69, 9.17) is 0 Å². The molecule has 0 aromatic carbocycles. The van der Waals surface area contributed by atoms with Gasteiger partial charge in [-0.25, -0.2) is 0 Å². The number of aryl methyl sites for hydroxylation is 1. The molecule has 1 aromatic rings. The fourth-order valence-corrected chi connectivity index (χ4v) is 2.47. The van der Waals surface area contributed by atoms with Crippen molar-refractivity contribution < 1.29 is 0 Å². The van der Waals surface area contributed by atoms with E-state index in [9.17, 15) is 0 Å². The molecule has 1 aliphatic rings. The van der Waals surface area contributed by atoms with Crippen molar-refractivity contribution in [1.82, 2.24) is 15.2 Å². The first-order valence-corrected chi connectivity index (χ1v) is 6.19. The van der Waals surface area contributed by atoms with Crippen molar-refractivity contribution in [3.05, 3.63) is 29.6 Å². The van der Waals surface area contributed by atoms with Gasteiger partial charge in [0, 0.05) is 32.4 Å². The topological polar surface area (TPSA) is 28.2 Å². The van der Waals surface area contributed by atoms with Gasteiger partial charge in [-0.05, 0) is 25.0 Å². The van der Waals surface area contributed by atoms with E-state index in [2.05, 4.69) is 35.1 Å². The third kappa shape index (κ3) is 2.42. The molecular formula is C13H21N3. The summed E-state index contributed by atoms with van der Waals surface area (Å²) in [6.07, 6.45) is 3.05. The fraction of sp³-hybridized carbons (Fsp3) is 0.615. The van der Waals surface area contributed by atoms with Gasteiger partial charge in [0.1, 0.15) is 0 Å². The highest BCUT2D eigenvalue weighted by Gasteiger charge is 2.22. The first-order valence-electron chi connectivity index (χ1n) is 6.19. The Morgan fingerprint density at radius 1 is 1.44 bits per heavy atom. The summed E-state index contributed by atoms with van der Waals surface area (Å²) in [6, 6.07) is 4.67. The Hall–Kier alpha value is -0.930. The number of hydrogen-bond donors (Lipinski definition) is 1. The minimum atomic E-state index is 0.489. The Morgan fingerprint density at radius 3 is 2.81 bits per heavy atom. The second kappa shape index (κ2) is 5.41. The molecule has 1 aliphatic heterocycles. The Balaban J connectivity index is 2.18. The molecule has 2 heterocycles. The summed E-state index contributed by atoms with van der Waals surface area (Å²) in [4.78, 5) is 7.11.